The normalized spacial score (nSPS) is 28.3. The Bertz CT molecular complexity index is 819. The van der Waals surface area contributed by atoms with Crippen LogP contribution in [-0.4, -0.2) is 37.0 Å². The summed E-state index contributed by atoms with van der Waals surface area (Å²) in [6.45, 7) is 3.20. The zero-order valence-electron chi connectivity index (χ0n) is 15.9. The molecule has 0 radical (unpaired) electrons. The number of hydrogen-bond acceptors (Lipinski definition) is 3. The van der Waals surface area contributed by atoms with Gasteiger partial charge in [-0.15, -0.1) is 0 Å². The maximum Gasteiger partial charge on any atom is 0.243 e. The van der Waals surface area contributed by atoms with Crippen LogP contribution in [-0.2, 0) is 10.0 Å². The predicted molar refractivity (Wildman–Crippen MR) is 112 cm³/mol. The Balaban J connectivity index is 1.46. The summed E-state index contributed by atoms with van der Waals surface area (Å²) in [6, 6.07) is 5.76. The number of nitrogens with one attached hydrogen (secondary N) is 2. The lowest BCUT2D eigenvalue weighted by molar-refractivity contribution is 0.346. The van der Waals surface area contributed by atoms with Gasteiger partial charge < -0.3 is 10.6 Å². The highest BCUT2D eigenvalue weighted by atomic mass is 32.2. The molecule has 148 valence electrons. The van der Waals surface area contributed by atoms with Crippen LogP contribution in [0.2, 0.25) is 0 Å². The summed E-state index contributed by atoms with van der Waals surface area (Å²) in [4.78, 5) is 0.347. The highest BCUT2D eigenvalue weighted by molar-refractivity contribution is 7.89. The van der Waals surface area contributed by atoms with E-state index in [1.807, 2.05) is 13.0 Å². The minimum Gasteiger partial charge on any atom is -0.359 e. The lowest BCUT2D eigenvalue weighted by atomic mass is 9.95. The van der Waals surface area contributed by atoms with Crippen LogP contribution in [0.25, 0.3) is 0 Å². The molecule has 3 fully saturated rings. The fourth-order valence-corrected chi connectivity index (χ4v) is 6.70. The molecular formula is C20H29N3O2S2. The number of anilines is 1. The molecule has 2 bridgehead atoms. The van der Waals surface area contributed by atoms with Crippen LogP contribution in [0.15, 0.2) is 23.1 Å². The first-order chi connectivity index (χ1) is 12.9. The molecule has 3 atom stereocenters. The number of benzene rings is 1. The van der Waals surface area contributed by atoms with Crippen molar-refractivity contribution in [1.29, 1.82) is 0 Å². The largest absolute Gasteiger partial charge is 0.359 e. The quantitative estimate of drug-likeness (QED) is 0.746. The molecule has 1 saturated heterocycles. The van der Waals surface area contributed by atoms with Crippen LogP contribution in [0.3, 0.4) is 0 Å². The number of sulfonamides is 1. The lowest BCUT2D eigenvalue weighted by Gasteiger charge is -2.27. The van der Waals surface area contributed by atoms with Gasteiger partial charge in [0.05, 0.1) is 4.90 Å². The highest BCUT2D eigenvalue weighted by Gasteiger charge is 2.39. The zero-order valence-corrected chi connectivity index (χ0v) is 17.5. The summed E-state index contributed by atoms with van der Waals surface area (Å²) in [7, 11) is -3.44. The van der Waals surface area contributed by atoms with Gasteiger partial charge in [-0.25, -0.2) is 8.42 Å². The first-order valence-corrected chi connectivity index (χ1v) is 12.0. The minimum atomic E-state index is -3.44. The minimum absolute atomic E-state index is 0.347. The van der Waals surface area contributed by atoms with E-state index in [2.05, 4.69) is 10.6 Å². The smallest absolute Gasteiger partial charge is 0.243 e. The van der Waals surface area contributed by atoms with Crippen molar-refractivity contribution in [1.82, 2.24) is 9.62 Å². The average Bonchev–Trinajstić information content (AvgIpc) is 3.27. The molecule has 2 aliphatic carbocycles. The molecular weight excluding hydrogens is 378 g/mol. The molecule has 0 unspecified atom stereocenters. The average molecular weight is 408 g/mol. The third kappa shape index (κ3) is 4.00. The maximum absolute atomic E-state index is 13.0. The van der Waals surface area contributed by atoms with Gasteiger partial charge in [-0.3, -0.25) is 0 Å². The summed E-state index contributed by atoms with van der Waals surface area (Å²) in [5.41, 5.74) is 1.76. The van der Waals surface area contributed by atoms with E-state index < -0.39 is 10.0 Å². The number of nitrogens with zero attached hydrogens (tertiary/aromatic N) is 1. The number of hydrogen-bond donors (Lipinski definition) is 2. The first kappa shape index (κ1) is 19.2. The monoisotopic (exact) mass is 407 g/mol. The van der Waals surface area contributed by atoms with Gasteiger partial charge in [0.2, 0.25) is 10.0 Å². The third-order valence-corrected chi connectivity index (χ3v) is 8.58. The van der Waals surface area contributed by atoms with Gasteiger partial charge >= 0.3 is 0 Å². The van der Waals surface area contributed by atoms with Gasteiger partial charge in [-0.1, -0.05) is 18.9 Å². The maximum atomic E-state index is 13.0. The number of piperidine rings is 1. The molecule has 0 aromatic heterocycles. The third-order valence-electron chi connectivity index (χ3n) is 6.46. The number of rotatable bonds is 4. The molecule has 0 spiro atoms. The van der Waals surface area contributed by atoms with Crippen LogP contribution in [0.5, 0.6) is 0 Å². The van der Waals surface area contributed by atoms with Crippen molar-refractivity contribution in [2.75, 3.05) is 18.4 Å². The van der Waals surface area contributed by atoms with Crippen molar-refractivity contribution in [2.24, 2.45) is 11.8 Å². The molecule has 1 heterocycles. The van der Waals surface area contributed by atoms with Crippen LogP contribution >= 0.6 is 12.2 Å². The first-order valence-electron chi connectivity index (χ1n) is 10.1. The van der Waals surface area contributed by atoms with Crippen LogP contribution in [0.4, 0.5) is 5.69 Å². The second kappa shape index (κ2) is 7.68. The van der Waals surface area contributed by atoms with E-state index in [1.54, 1.807) is 16.4 Å². The number of fused-ring (bicyclic) bond motifs is 2. The molecule has 5 nitrogen and oxygen atoms in total. The Labute approximate surface area is 168 Å². The number of aryl methyl sites for hydroxylation is 1. The van der Waals surface area contributed by atoms with Gasteiger partial charge in [0.25, 0.3) is 0 Å². The van der Waals surface area contributed by atoms with Crippen molar-refractivity contribution in [2.45, 2.75) is 62.8 Å². The van der Waals surface area contributed by atoms with Crippen molar-refractivity contribution in [3.8, 4) is 0 Å². The molecule has 1 aromatic rings. The summed E-state index contributed by atoms with van der Waals surface area (Å²) < 4.78 is 27.5. The van der Waals surface area contributed by atoms with E-state index in [9.17, 15) is 8.42 Å². The van der Waals surface area contributed by atoms with Gasteiger partial charge in [-0.2, -0.15) is 4.31 Å². The molecule has 0 amide bonds. The van der Waals surface area contributed by atoms with Crippen LogP contribution in [0.1, 0.15) is 50.5 Å². The zero-order chi connectivity index (χ0) is 19.0. The van der Waals surface area contributed by atoms with Gasteiger partial charge in [-0.05, 0) is 80.8 Å². The van der Waals surface area contributed by atoms with Gasteiger partial charge in [0, 0.05) is 24.8 Å². The van der Waals surface area contributed by atoms with Crippen molar-refractivity contribution in [3.63, 3.8) is 0 Å². The van der Waals surface area contributed by atoms with Gasteiger partial charge in [0.1, 0.15) is 0 Å². The summed E-state index contributed by atoms with van der Waals surface area (Å²) in [6.07, 6.45) is 8.17. The molecule has 27 heavy (non-hydrogen) atoms. The fraction of sp³-hybridized carbons (Fsp3) is 0.650. The highest BCUT2D eigenvalue weighted by Crippen LogP contribution is 2.44. The van der Waals surface area contributed by atoms with E-state index in [1.165, 1.54) is 25.7 Å². The molecule has 3 aliphatic rings. The lowest BCUT2D eigenvalue weighted by Crippen LogP contribution is -2.41. The summed E-state index contributed by atoms with van der Waals surface area (Å²) in [5, 5.41) is 7.32. The Morgan fingerprint density at radius 1 is 1.15 bits per heavy atom. The number of thiocarbonyl (C=S) groups is 1. The van der Waals surface area contributed by atoms with E-state index in [4.69, 9.17) is 12.2 Å². The van der Waals surface area contributed by atoms with E-state index >= 15 is 0 Å². The van der Waals surface area contributed by atoms with Crippen molar-refractivity contribution in [3.05, 3.63) is 23.8 Å². The predicted octanol–water partition coefficient (Wildman–Crippen LogP) is 3.64. The van der Waals surface area contributed by atoms with Gasteiger partial charge in [0.15, 0.2) is 5.11 Å². The van der Waals surface area contributed by atoms with Crippen LogP contribution in [0, 0.1) is 18.8 Å². The fourth-order valence-electron chi connectivity index (χ4n) is 4.90. The Hall–Kier alpha value is -1.18. The summed E-state index contributed by atoms with van der Waals surface area (Å²) in [5.74, 6) is 1.59. The standard InChI is InChI=1S/C20H29N3O2S2/c1-14-5-8-17(27(24,25)23-9-3-2-4-10-23)13-18(14)21-20(26)22-19-12-15-6-7-16(19)11-15/h5,8,13,15-16,19H,2-4,6-7,9-12H2,1H3,(H2,21,22,26)/t15-,16-,19-/m1/s1. The topological polar surface area (TPSA) is 61.4 Å². The molecule has 1 aliphatic heterocycles. The second-order valence-corrected chi connectivity index (χ2v) is 10.7. The molecule has 1 aromatic carbocycles. The Kier molecular flexibility index (Phi) is 5.45. The van der Waals surface area contributed by atoms with E-state index in [-0.39, 0.29) is 0 Å². The molecule has 2 saturated carbocycles. The summed E-state index contributed by atoms with van der Waals surface area (Å²) >= 11 is 5.53. The Morgan fingerprint density at radius 2 is 1.93 bits per heavy atom. The molecule has 7 heteroatoms. The van der Waals surface area contributed by atoms with E-state index in [0.29, 0.717) is 29.1 Å². The molecule has 4 rings (SSSR count). The molecule has 2 N–H and O–H groups in total. The van der Waals surface area contributed by atoms with E-state index in [0.717, 1.165) is 42.3 Å². The second-order valence-electron chi connectivity index (χ2n) is 8.32. The SMILES string of the molecule is Cc1ccc(S(=O)(=O)N2CCCCC2)cc1NC(=S)N[C@@H]1C[C@@H]2CC[C@@H]1C2. The van der Waals surface area contributed by atoms with Crippen molar-refractivity contribution < 1.29 is 8.42 Å². The Morgan fingerprint density at radius 3 is 2.59 bits per heavy atom. The van der Waals surface area contributed by atoms with Crippen molar-refractivity contribution >= 4 is 33.0 Å². The van der Waals surface area contributed by atoms with Crippen LogP contribution < -0.4 is 10.6 Å².